The van der Waals surface area contributed by atoms with Crippen molar-refractivity contribution in [2.75, 3.05) is 0 Å². The Balaban J connectivity index is 2.32. The van der Waals surface area contributed by atoms with Crippen molar-refractivity contribution in [1.29, 1.82) is 0 Å². The fourth-order valence-corrected chi connectivity index (χ4v) is 1.90. The zero-order chi connectivity index (χ0) is 10.8. The molecule has 76 valence electrons. The molecule has 0 atom stereocenters. The van der Waals surface area contributed by atoms with Crippen LogP contribution in [0.3, 0.4) is 0 Å². The Hall–Kier alpha value is -1.77. The molecule has 0 saturated carbocycles. The van der Waals surface area contributed by atoms with Crippen LogP contribution < -0.4 is 0 Å². The summed E-state index contributed by atoms with van der Waals surface area (Å²) in [6, 6.07) is 6.81. The van der Waals surface area contributed by atoms with Crippen molar-refractivity contribution < 1.29 is 14.4 Å². The molecule has 0 bridgehead atoms. The summed E-state index contributed by atoms with van der Waals surface area (Å²) in [4.78, 5) is 33.8. The highest BCUT2D eigenvalue weighted by Gasteiger charge is 2.37. The quantitative estimate of drug-likeness (QED) is 0.553. The van der Waals surface area contributed by atoms with Crippen LogP contribution in [0.4, 0.5) is 0 Å². The van der Waals surface area contributed by atoms with E-state index in [1.54, 1.807) is 24.3 Å². The number of hydrogen-bond donors (Lipinski definition) is 0. The largest absolute Gasteiger partial charge is 0.303 e. The Kier molecular flexibility index (Phi) is 2.46. The maximum absolute atomic E-state index is 11.8. The smallest absolute Gasteiger partial charge is 0.174 e. The molecular weight excluding hydrogens is 192 g/mol. The van der Waals surface area contributed by atoms with Crippen molar-refractivity contribution in [3.05, 3.63) is 35.4 Å². The Morgan fingerprint density at radius 2 is 1.60 bits per heavy atom. The third-order valence-electron chi connectivity index (χ3n) is 2.66. The van der Waals surface area contributed by atoms with Gasteiger partial charge in [0.1, 0.15) is 6.29 Å². The van der Waals surface area contributed by atoms with Crippen molar-refractivity contribution in [2.24, 2.45) is 5.92 Å². The van der Waals surface area contributed by atoms with E-state index in [1.165, 1.54) is 0 Å². The van der Waals surface area contributed by atoms with Crippen molar-refractivity contribution in [1.82, 2.24) is 0 Å². The minimum Gasteiger partial charge on any atom is -0.303 e. The first-order valence-corrected chi connectivity index (χ1v) is 4.87. The molecule has 0 saturated heterocycles. The molecule has 1 aromatic carbocycles. The van der Waals surface area contributed by atoms with Crippen LogP contribution in [0.15, 0.2) is 24.3 Å². The van der Waals surface area contributed by atoms with Crippen molar-refractivity contribution in [3.8, 4) is 0 Å². The Morgan fingerprint density at radius 1 is 1.07 bits per heavy atom. The summed E-state index contributed by atoms with van der Waals surface area (Å²) in [5, 5.41) is 0. The molecule has 0 fully saturated rings. The number of aldehydes is 1. The minimum absolute atomic E-state index is 0.141. The predicted molar refractivity (Wildman–Crippen MR) is 53.9 cm³/mol. The minimum atomic E-state index is -0.632. The van der Waals surface area contributed by atoms with Crippen molar-refractivity contribution in [2.45, 2.75) is 12.8 Å². The van der Waals surface area contributed by atoms with E-state index in [0.29, 0.717) is 17.5 Å². The zero-order valence-electron chi connectivity index (χ0n) is 8.10. The van der Waals surface area contributed by atoms with E-state index in [4.69, 9.17) is 0 Å². The fourth-order valence-electron chi connectivity index (χ4n) is 1.90. The maximum Gasteiger partial charge on any atom is 0.174 e. The van der Waals surface area contributed by atoms with Gasteiger partial charge in [-0.25, -0.2) is 0 Å². The molecule has 0 amide bonds. The van der Waals surface area contributed by atoms with Crippen LogP contribution in [0.25, 0.3) is 0 Å². The number of fused-ring (bicyclic) bond motifs is 1. The van der Waals surface area contributed by atoms with Gasteiger partial charge in [0.15, 0.2) is 11.6 Å². The van der Waals surface area contributed by atoms with Gasteiger partial charge in [-0.3, -0.25) is 9.59 Å². The summed E-state index contributed by atoms with van der Waals surface area (Å²) in [7, 11) is 0. The van der Waals surface area contributed by atoms with Gasteiger partial charge in [0.25, 0.3) is 0 Å². The fraction of sp³-hybridized carbons (Fsp3) is 0.250. The van der Waals surface area contributed by atoms with Crippen LogP contribution in [0.5, 0.6) is 0 Å². The molecule has 0 spiro atoms. The molecule has 0 N–H and O–H groups in total. The summed E-state index contributed by atoms with van der Waals surface area (Å²) in [6.07, 6.45) is 1.33. The standard InChI is InChI=1S/C12H10O3/c13-7-3-6-10-11(14)8-4-1-2-5-9(8)12(10)15/h1-2,4-5,7,10H,3,6H2. The maximum atomic E-state index is 11.8. The van der Waals surface area contributed by atoms with Crippen molar-refractivity contribution in [3.63, 3.8) is 0 Å². The molecule has 0 heterocycles. The number of ketones is 2. The molecule has 0 aromatic heterocycles. The van der Waals surface area contributed by atoms with Crippen LogP contribution in [-0.4, -0.2) is 17.9 Å². The first-order chi connectivity index (χ1) is 7.25. The van der Waals surface area contributed by atoms with Gasteiger partial charge in [0, 0.05) is 17.5 Å². The number of benzene rings is 1. The molecule has 0 aliphatic heterocycles. The highest BCUT2D eigenvalue weighted by atomic mass is 16.2. The molecule has 15 heavy (non-hydrogen) atoms. The normalized spacial score (nSPS) is 15.5. The third-order valence-corrected chi connectivity index (χ3v) is 2.66. The van der Waals surface area contributed by atoms with Crippen LogP contribution in [0.2, 0.25) is 0 Å². The average Bonchev–Trinajstić information content (AvgIpc) is 2.51. The molecule has 3 nitrogen and oxygen atoms in total. The monoisotopic (exact) mass is 202 g/mol. The van der Waals surface area contributed by atoms with Gasteiger partial charge < -0.3 is 4.79 Å². The van der Waals surface area contributed by atoms with Crippen LogP contribution in [0, 0.1) is 5.92 Å². The van der Waals surface area contributed by atoms with Gasteiger partial charge in [-0.05, 0) is 6.42 Å². The van der Waals surface area contributed by atoms with Crippen molar-refractivity contribution >= 4 is 17.9 Å². The second-order valence-electron chi connectivity index (χ2n) is 3.57. The van der Waals surface area contributed by atoms with Gasteiger partial charge in [-0.1, -0.05) is 24.3 Å². The third kappa shape index (κ3) is 1.50. The number of carbonyl (C=O) groups excluding carboxylic acids is 3. The molecule has 1 aliphatic rings. The lowest BCUT2D eigenvalue weighted by molar-refractivity contribution is -0.107. The van der Waals surface area contributed by atoms with Crippen LogP contribution >= 0.6 is 0 Å². The lowest BCUT2D eigenvalue weighted by atomic mass is 9.98. The average molecular weight is 202 g/mol. The lowest BCUT2D eigenvalue weighted by Gasteiger charge is -2.01. The summed E-state index contributed by atoms with van der Waals surface area (Å²) < 4.78 is 0. The van der Waals surface area contributed by atoms with Crippen LogP contribution in [-0.2, 0) is 4.79 Å². The van der Waals surface area contributed by atoms with Gasteiger partial charge in [-0.15, -0.1) is 0 Å². The number of carbonyl (C=O) groups is 3. The van der Waals surface area contributed by atoms with Gasteiger partial charge in [0.05, 0.1) is 5.92 Å². The lowest BCUT2D eigenvalue weighted by Crippen LogP contribution is -2.14. The number of rotatable bonds is 3. The van der Waals surface area contributed by atoms with E-state index in [0.717, 1.165) is 6.29 Å². The van der Waals surface area contributed by atoms with Gasteiger partial charge >= 0.3 is 0 Å². The Morgan fingerprint density at radius 3 is 2.07 bits per heavy atom. The number of Topliss-reactive ketones (excluding diaryl/α,β-unsaturated/α-hetero) is 2. The molecular formula is C12H10O3. The van der Waals surface area contributed by atoms with Crippen LogP contribution in [0.1, 0.15) is 33.6 Å². The molecule has 1 aliphatic carbocycles. The second-order valence-corrected chi connectivity index (χ2v) is 3.57. The highest BCUT2D eigenvalue weighted by molar-refractivity contribution is 6.26. The summed E-state index contributed by atoms with van der Waals surface area (Å²) in [5.41, 5.74) is 0.997. The Bertz CT molecular complexity index is 399. The zero-order valence-corrected chi connectivity index (χ0v) is 8.10. The molecule has 0 unspecified atom stereocenters. The number of hydrogen-bond acceptors (Lipinski definition) is 3. The first-order valence-electron chi connectivity index (χ1n) is 4.87. The Labute approximate surface area is 87.1 Å². The van der Waals surface area contributed by atoms with E-state index in [1.807, 2.05) is 0 Å². The van der Waals surface area contributed by atoms with Gasteiger partial charge in [-0.2, -0.15) is 0 Å². The van der Waals surface area contributed by atoms with E-state index in [9.17, 15) is 14.4 Å². The molecule has 3 heteroatoms. The first kappa shape index (κ1) is 9.77. The van der Waals surface area contributed by atoms with Gasteiger partial charge in [0.2, 0.25) is 0 Å². The summed E-state index contributed by atoms with van der Waals surface area (Å²) in [5.74, 6) is -0.914. The van der Waals surface area contributed by atoms with E-state index in [-0.39, 0.29) is 18.0 Å². The molecule has 0 radical (unpaired) electrons. The topological polar surface area (TPSA) is 51.2 Å². The summed E-state index contributed by atoms with van der Waals surface area (Å²) >= 11 is 0. The predicted octanol–water partition coefficient (Wildman–Crippen LogP) is 1.66. The van der Waals surface area contributed by atoms with E-state index < -0.39 is 5.92 Å². The summed E-state index contributed by atoms with van der Waals surface area (Å²) in [6.45, 7) is 0. The highest BCUT2D eigenvalue weighted by Crippen LogP contribution is 2.29. The second kappa shape index (κ2) is 3.77. The van der Waals surface area contributed by atoms with E-state index >= 15 is 0 Å². The SMILES string of the molecule is O=CCCC1C(=O)c2ccccc2C1=O. The van der Waals surface area contributed by atoms with E-state index in [2.05, 4.69) is 0 Å². The molecule has 2 rings (SSSR count). The molecule has 1 aromatic rings.